The van der Waals surface area contributed by atoms with E-state index in [0.29, 0.717) is 0 Å². The Kier molecular flexibility index (Phi) is 3.46. The van der Waals surface area contributed by atoms with Gasteiger partial charge in [-0.1, -0.05) is 48.6 Å². The lowest BCUT2D eigenvalue weighted by Gasteiger charge is -2.04. The SMILES string of the molecule is O[C@H](/C=C/c1ccccc1)c1cccnc1. The van der Waals surface area contributed by atoms with Crippen molar-refractivity contribution in [2.75, 3.05) is 0 Å². The number of hydrogen-bond donors (Lipinski definition) is 1. The fraction of sp³-hybridized carbons (Fsp3) is 0.0714. The molecule has 1 atom stereocenters. The third-order valence-electron chi connectivity index (χ3n) is 2.30. The lowest BCUT2D eigenvalue weighted by Crippen LogP contribution is -1.92. The van der Waals surface area contributed by atoms with Gasteiger partial charge in [-0.05, 0) is 11.6 Å². The molecule has 0 amide bonds. The number of benzene rings is 1. The predicted molar refractivity (Wildman–Crippen MR) is 64.7 cm³/mol. The number of aromatic nitrogens is 1. The first kappa shape index (κ1) is 10.6. The van der Waals surface area contributed by atoms with Gasteiger partial charge in [0.05, 0.1) is 6.10 Å². The molecule has 1 aromatic carbocycles. The van der Waals surface area contributed by atoms with E-state index in [1.165, 1.54) is 0 Å². The van der Waals surface area contributed by atoms with Crippen LogP contribution in [0.4, 0.5) is 0 Å². The molecule has 1 aromatic heterocycles. The van der Waals surface area contributed by atoms with E-state index in [4.69, 9.17) is 0 Å². The Morgan fingerprint density at radius 1 is 1.06 bits per heavy atom. The fourth-order valence-corrected chi connectivity index (χ4v) is 1.43. The smallest absolute Gasteiger partial charge is 0.0989 e. The molecule has 0 unspecified atom stereocenters. The molecule has 0 saturated carbocycles. The lowest BCUT2D eigenvalue weighted by atomic mass is 10.1. The van der Waals surface area contributed by atoms with Crippen LogP contribution < -0.4 is 0 Å². The highest BCUT2D eigenvalue weighted by Gasteiger charge is 2.01. The van der Waals surface area contributed by atoms with Crippen LogP contribution in [0.25, 0.3) is 6.08 Å². The molecular formula is C14H13NO. The van der Waals surface area contributed by atoms with Gasteiger partial charge in [0.25, 0.3) is 0 Å². The summed E-state index contributed by atoms with van der Waals surface area (Å²) < 4.78 is 0. The van der Waals surface area contributed by atoms with Crippen LogP contribution in [0.3, 0.4) is 0 Å². The van der Waals surface area contributed by atoms with Crippen molar-refractivity contribution < 1.29 is 5.11 Å². The Morgan fingerprint density at radius 2 is 1.88 bits per heavy atom. The van der Waals surface area contributed by atoms with Crippen LogP contribution >= 0.6 is 0 Å². The Bertz CT molecular complexity index is 451. The molecule has 1 heterocycles. The maximum Gasteiger partial charge on any atom is 0.0989 e. The minimum absolute atomic E-state index is 0.603. The van der Waals surface area contributed by atoms with Gasteiger partial charge in [0.2, 0.25) is 0 Å². The van der Waals surface area contributed by atoms with Crippen LogP contribution in [-0.4, -0.2) is 10.1 Å². The number of aliphatic hydroxyl groups is 1. The molecule has 0 fully saturated rings. The van der Waals surface area contributed by atoms with Crippen LogP contribution in [0.15, 0.2) is 60.9 Å². The second-order valence-corrected chi connectivity index (χ2v) is 3.50. The molecule has 0 saturated heterocycles. The molecule has 0 bridgehead atoms. The van der Waals surface area contributed by atoms with E-state index in [-0.39, 0.29) is 0 Å². The Labute approximate surface area is 94.9 Å². The molecule has 0 aliphatic carbocycles. The van der Waals surface area contributed by atoms with Gasteiger partial charge in [-0.15, -0.1) is 0 Å². The van der Waals surface area contributed by atoms with E-state index < -0.39 is 6.10 Å². The number of hydrogen-bond acceptors (Lipinski definition) is 2. The molecule has 0 aliphatic rings. The Morgan fingerprint density at radius 3 is 2.56 bits per heavy atom. The molecule has 2 nitrogen and oxygen atoms in total. The van der Waals surface area contributed by atoms with Crippen molar-refractivity contribution in [2.24, 2.45) is 0 Å². The average Bonchev–Trinajstić information content (AvgIpc) is 2.38. The Balaban J connectivity index is 2.08. The van der Waals surface area contributed by atoms with E-state index in [1.54, 1.807) is 18.5 Å². The quantitative estimate of drug-likeness (QED) is 0.846. The summed E-state index contributed by atoms with van der Waals surface area (Å²) in [5.74, 6) is 0. The zero-order valence-corrected chi connectivity index (χ0v) is 8.82. The minimum atomic E-state index is -0.603. The van der Waals surface area contributed by atoms with Crippen molar-refractivity contribution in [1.29, 1.82) is 0 Å². The predicted octanol–water partition coefficient (Wildman–Crippen LogP) is 2.83. The summed E-state index contributed by atoms with van der Waals surface area (Å²) in [5, 5.41) is 9.86. The third kappa shape index (κ3) is 2.78. The standard InChI is InChI=1S/C14H13NO/c16-14(13-7-4-10-15-11-13)9-8-12-5-2-1-3-6-12/h1-11,14,16H/b9-8+/t14-/m1/s1. The summed E-state index contributed by atoms with van der Waals surface area (Å²) >= 11 is 0. The molecule has 16 heavy (non-hydrogen) atoms. The number of pyridine rings is 1. The molecular weight excluding hydrogens is 198 g/mol. The first-order valence-electron chi connectivity index (χ1n) is 5.17. The van der Waals surface area contributed by atoms with Gasteiger partial charge in [0.1, 0.15) is 0 Å². The van der Waals surface area contributed by atoms with Crippen molar-refractivity contribution in [3.05, 3.63) is 72.1 Å². The van der Waals surface area contributed by atoms with E-state index in [2.05, 4.69) is 4.98 Å². The van der Waals surface area contributed by atoms with Gasteiger partial charge in [-0.2, -0.15) is 0 Å². The summed E-state index contributed by atoms with van der Waals surface area (Å²) in [7, 11) is 0. The zero-order chi connectivity index (χ0) is 11.2. The van der Waals surface area contributed by atoms with Crippen molar-refractivity contribution in [2.45, 2.75) is 6.10 Å². The molecule has 2 heteroatoms. The lowest BCUT2D eigenvalue weighted by molar-refractivity contribution is 0.229. The van der Waals surface area contributed by atoms with E-state index >= 15 is 0 Å². The van der Waals surface area contributed by atoms with E-state index in [1.807, 2.05) is 48.5 Å². The van der Waals surface area contributed by atoms with Crippen LogP contribution in [0.1, 0.15) is 17.2 Å². The summed E-state index contributed by atoms with van der Waals surface area (Å²) in [4.78, 5) is 3.97. The third-order valence-corrected chi connectivity index (χ3v) is 2.30. The molecule has 0 aliphatic heterocycles. The van der Waals surface area contributed by atoms with Crippen LogP contribution in [0.5, 0.6) is 0 Å². The van der Waals surface area contributed by atoms with Crippen LogP contribution in [-0.2, 0) is 0 Å². The van der Waals surface area contributed by atoms with Crippen molar-refractivity contribution in [3.8, 4) is 0 Å². The minimum Gasteiger partial charge on any atom is -0.384 e. The maximum absolute atomic E-state index is 9.86. The summed E-state index contributed by atoms with van der Waals surface area (Å²) in [5.41, 5.74) is 1.88. The van der Waals surface area contributed by atoms with Gasteiger partial charge < -0.3 is 5.11 Å². The summed E-state index contributed by atoms with van der Waals surface area (Å²) in [6.45, 7) is 0. The molecule has 0 spiro atoms. The highest BCUT2D eigenvalue weighted by molar-refractivity contribution is 5.49. The number of aliphatic hydroxyl groups excluding tert-OH is 1. The first-order chi connectivity index (χ1) is 7.86. The van der Waals surface area contributed by atoms with Crippen molar-refractivity contribution in [3.63, 3.8) is 0 Å². The van der Waals surface area contributed by atoms with Crippen molar-refractivity contribution in [1.82, 2.24) is 4.98 Å². The second-order valence-electron chi connectivity index (χ2n) is 3.50. The normalized spacial score (nSPS) is 12.8. The highest BCUT2D eigenvalue weighted by atomic mass is 16.3. The molecule has 2 aromatic rings. The monoisotopic (exact) mass is 211 g/mol. The fourth-order valence-electron chi connectivity index (χ4n) is 1.43. The summed E-state index contributed by atoms with van der Waals surface area (Å²) in [6, 6.07) is 13.6. The second kappa shape index (κ2) is 5.24. The van der Waals surface area contributed by atoms with Gasteiger partial charge in [0, 0.05) is 18.0 Å². The average molecular weight is 211 g/mol. The molecule has 2 rings (SSSR count). The first-order valence-corrected chi connectivity index (χ1v) is 5.17. The highest BCUT2D eigenvalue weighted by Crippen LogP contribution is 2.14. The van der Waals surface area contributed by atoms with Crippen LogP contribution in [0, 0.1) is 0 Å². The van der Waals surface area contributed by atoms with Gasteiger partial charge in [-0.3, -0.25) is 4.98 Å². The van der Waals surface area contributed by atoms with Crippen molar-refractivity contribution >= 4 is 6.08 Å². The number of nitrogens with zero attached hydrogens (tertiary/aromatic N) is 1. The number of rotatable bonds is 3. The maximum atomic E-state index is 9.86. The molecule has 80 valence electrons. The topological polar surface area (TPSA) is 33.1 Å². The zero-order valence-electron chi connectivity index (χ0n) is 8.82. The van der Waals surface area contributed by atoms with Crippen LogP contribution in [0.2, 0.25) is 0 Å². The van der Waals surface area contributed by atoms with E-state index in [9.17, 15) is 5.11 Å². The largest absolute Gasteiger partial charge is 0.384 e. The van der Waals surface area contributed by atoms with Gasteiger partial charge in [0.15, 0.2) is 0 Å². The molecule has 1 N–H and O–H groups in total. The van der Waals surface area contributed by atoms with Gasteiger partial charge >= 0.3 is 0 Å². The Hall–Kier alpha value is -1.93. The van der Waals surface area contributed by atoms with Gasteiger partial charge in [-0.25, -0.2) is 0 Å². The molecule has 0 radical (unpaired) electrons. The summed E-state index contributed by atoms with van der Waals surface area (Å²) in [6.07, 6.45) is 6.41. The van der Waals surface area contributed by atoms with E-state index in [0.717, 1.165) is 11.1 Å².